The van der Waals surface area contributed by atoms with E-state index in [1.54, 1.807) is 0 Å². The molecule has 0 aliphatic heterocycles. The largest absolute Gasteiger partial charge is 0.309 e. The van der Waals surface area contributed by atoms with Crippen molar-refractivity contribution in [1.82, 2.24) is 38.2 Å². The summed E-state index contributed by atoms with van der Waals surface area (Å²) in [6, 6.07) is -48.3. The van der Waals surface area contributed by atoms with E-state index in [1.165, 1.54) is 13.8 Å². The normalized spacial score (nSPS) is 19.5. The third-order valence-corrected chi connectivity index (χ3v) is 16.3. The van der Waals surface area contributed by atoms with E-state index >= 15 is 0 Å². The third-order valence-electron chi connectivity index (χ3n) is 16.3. The highest BCUT2D eigenvalue weighted by molar-refractivity contribution is 6.21. The molecule has 0 spiro atoms. The van der Waals surface area contributed by atoms with Gasteiger partial charge >= 0.3 is 0 Å². The Balaban J connectivity index is 0.000000189. The number of para-hydroxylation sites is 7. The number of aromatic nitrogens is 8. The summed E-state index contributed by atoms with van der Waals surface area (Å²) >= 11 is 0. The Morgan fingerprint density at radius 1 is 0.225 bits per heavy atom. The molecule has 6 aromatic heterocycles. The molecule has 0 saturated carbocycles. The molecule has 15 aromatic carbocycles. The van der Waals surface area contributed by atoms with Crippen LogP contribution in [-0.4, -0.2) is 38.2 Å². The Morgan fingerprint density at radius 3 is 1.19 bits per heavy atom. The Labute approximate surface area is 665 Å². The molecule has 0 atom stereocenters. The van der Waals surface area contributed by atoms with Crippen LogP contribution in [0.15, 0.2) is 338 Å². The minimum atomic E-state index is -1.04. The number of fused-ring (bicyclic) bond motifs is 15. The van der Waals surface area contributed by atoms with Crippen LogP contribution in [0, 0.1) is 13.8 Å². The topological polar surface area (TPSA) is 71.3 Å². The van der Waals surface area contributed by atoms with Gasteiger partial charge in [-0.05, 0) is 157 Å². The van der Waals surface area contributed by atoms with Crippen LogP contribution >= 0.6 is 0 Å². The molecule has 0 aliphatic carbocycles. The van der Waals surface area contributed by atoms with Crippen molar-refractivity contribution < 1.29 is 76.8 Å². The molecule has 0 N–H and O–H groups in total. The van der Waals surface area contributed by atoms with E-state index in [9.17, 15) is 27.4 Å². The van der Waals surface area contributed by atoms with Crippen LogP contribution in [0.4, 0.5) is 0 Å². The van der Waals surface area contributed by atoms with Gasteiger partial charge in [0.25, 0.3) is 0 Å². The molecule has 21 rings (SSSR count). The molecular formula is C94H62N8. The van der Waals surface area contributed by atoms with Gasteiger partial charge < -0.3 is 13.7 Å². The molecule has 0 unspecified atom stereocenters. The lowest BCUT2D eigenvalue weighted by atomic mass is 9.99. The molecule has 478 valence electrons. The number of benzene rings is 15. The molecule has 6 heterocycles. The van der Waals surface area contributed by atoms with Crippen LogP contribution in [0.2, 0.25) is 0 Å². The quantitative estimate of drug-likeness (QED) is 0.152. The van der Waals surface area contributed by atoms with Crippen molar-refractivity contribution >= 4 is 120 Å². The van der Waals surface area contributed by atoms with Gasteiger partial charge in [0.2, 0.25) is 5.95 Å². The van der Waals surface area contributed by atoms with Gasteiger partial charge in [-0.3, -0.25) is 4.57 Å². The van der Waals surface area contributed by atoms with Gasteiger partial charge in [-0.15, -0.1) is 0 Å². The van der Waals surface area contributed by atoms with Crippen LogP contribution in [0.3, 0.4) is 0 Å². The van der Waals surface area contributed by atoms with Gasteiger partial charge in [0.15, 0.2) is 5.82 Å². The number of nitrogens with zero attached hydrogens (tertiary/aromatic N) is 8. The van der Waals surface area contributed by atoms with Crippen molar-refractivity contribution in [1.29, 1.82) is 0 Å². The predicted octanol–water partition coefficient (Wildman–Crippen LogP) is 24.1. The van der Waals surface area contributed by atoms with E-state index in [0.717, 1.165) is 18.3 Å². The van der Waals surface area contributed by atoms with Gasteiger partial charge in [0.05, 0.1) is 143 Å². The zero-order valence-corrected chi connectivity index (χ0v) is 51.6. The summed E-state index contributed by atoms with van der Waals surface area (Å²) in [6.45, 7) is 2.63. The fourth-order valence-corrected chi connectivity index (χ4v) is 12.0. The zero-order chi connectivity index (χ0) is 116. The highest BCUT2D eigenvalue weighted by Gasteiger charge is 2.24. The van der Waals surface area contributed by atoms with Crippen LogP contribution in [0.1, 0.15) is 87.9 Å². The van der Waals surface area contributed by atoms with Crippen molar-refractivity contribution in [3.63, 3.8) is 0 Å². The lowest BCUT2D eigenvalue weighted by Gasteiger charge is -2.13. The second-order valence-electron chi connectivity index (χ2n) is 22.3. The average Bonchev–Trinajstić information content (AvgIpc) is 1.51. The fraction of sp³-hybridized carbons (Fsp3) is 0.0213. The first-order valence-electron chi connectivity index (χ1n) is 58.2. The molecule has 8 heteroatoms. The Bertz CT molecular complexity index is 10400. The summed E-state index contributed by atoms with van der Waals surface area (Å²) in [5.74, 6) is -1.69. The molecule has 8 nitrogen and oxygen atoms in total. The first-order valence-corrected chi connectivity index (χ1v) is 30.2. The van der Waals surface area contributed by atoms with Crippen LogP contribution in [0.5, 0.6) is 0 Å². The molecule has 0 saturated heterocycles. The van der Waals surface area contributed by atoms with Gasteiger partial charge in [-0.2, -0.15) is 0 Å². The molecule has 102 heavy (non-hydrogen) atoms. The maximum absolute atomic E-state index is 10.2. The Morgan fingerprint density at radius 2 is 0.627 bits per heavy atom. The summed E-state index contributed by atoms with van der Waals surface area (Å²) in [6.07, 6.45) is 0. The van der Waals surface area contributed by atoms with Gasteiger partial charge in [-0.1, -0.05) is 229 Å². The average molecular weight is 1360 g/mol. The molecule has 0 amide bonds. The second kappa shape index (κ2) is 23.6. The van der Waals surface area contributed by atoms with Gasteiger partial charge in [0, 0.05) is 87.6 Å². The highest BCUT2D eigenvalue weighted by atomic mass is 15.2. The highest BCUT2D eigenvalue weighted by Crippen LogP contribution is 2.43. The smallest absolute Gasteiger partial charge is 0.235 e. The minimum Gasteiger partial charge on any atom is -0.309 e. The van der Waals surface area contributed by atoms with E-state index in [0.29, 0.717) is 0 Å². The number of rotatable bonds is 8. The van der Waals surface area contributed by atoms with Crippen molar-refractivity contribution in [2.24, 2.45) is 0 Å². The summed E-state index contributed by atoms with van der Waals surface area (Å²) < 4.78 is 507. The molecule has 0 radical (unpaired) electrons. The van der Waals surface area contributed by atoms with E-state index < -0.39 is 526 Å². The van der Waals surface area contributed by atoms with Crippen LogP contribution in [0.25, 0.3) is 188 Å². The van der Waals surface area contributed by atoms with Gasteiger partial charge in [-0.25, -0.2) is 19.9 Å². The van der Waals surface area contributed by atoms with Crippen molar-refractivity contribution in [3.05, 3.63) is 350 Å². The molecular weight excluding hydrogens is 1240 g/mol. The second-order valence-corrected chi connectivity index (χ2v) is 22.3. The molecule has 0 aliphatic rings. The maximum atomic E-state index is 10.2. The Hall–Kier alpha value is -13.6. The van der Waals surface area contributed by atoms with Crippen LogP contribution < -0.4 is 0 Å². The maximum Gasteiger partial charge on any atom is 0.235 e. The van der Waals surface area contributed by atoms with E-state index in [4.69, 9.17) is 49.3 Å². The molecule has 21 aromatic rings. The molecule has 0 fully saturated rings. The lowest BCUT2D eigenvalue weighted by Crippen LogP contribution is -2.03. The summed E-state index contributed by atoms with van der Waals surface area (Å²) in [4.78, 5) is 18.0. The summed E-state index contributed by atoms with van der Waals surface area (Å²) in [7, 11) is 0. The lowest BCUT2D eigenvalue weighted by molar-refractivity contribution is 1.01. The van der Waals surface area contributed by atoms with E-state index in [-0.39, 0.29) is 11.1 Å². The first-order chi connectivity index (χ1) is 73.8. The summed E-state index contributed by atoms with van der Waals surface area (Å²) in [5, 5.41) is -6.70. The van der Waals surface area contributed by atoms with Gasteiger partial charge in [0.1, 0.15) is 0 Å². The minimum absolute atomic E-state index is 0.0809. The van der Waals surface area contributed by atoms with E-state index in [2.05, 4.69) is 19.9 Å². The van der Waals surface area contributed by atoms with Crippen molar-refractivity contribution in [2.45, 2.75) is 13.8 Å². The SMILES string of the molecule is [2H]c1c([2H])c([2H])c(-c2c([2H])c([2H])c3c(-c4c([2H])c([2H])c5c([2H])c(C)c([2H])c([2H])c5c4[2H])nc(-n4c5c([2H])c([2H])c([2H])c([2H])c5c5c([2H])c6c(c([2H])c54)c4c([2H])c([2H])c([2H])c([2H])c4n6-c4c([2H])c([2H])c([2H])c([2H])c4[2H])nc3c2[2H])c([2H])c1[2H].[2H]c1c([2H])c([2H])c(-n2c3c([2H])c([2H])c([2H])c([2H])c3c3c([2H])c4c(c([2H])c32)c2c([2H])c([2H])c([2H])c([2H])c2n4-c2c([2H])c([2H])c(-c3nc(-c4c([2H])c([2H])c(C)c([2H])c4[2H])c4c([2H])c([2H])c([2H])c([2H])c4n3)c([2H])c2[2H])c([2H])c1[2H]. The monoisotopic (exact) mass is 1360 g/mol. The van der Waals surface area contributed by atoms with Crippen molar-refractivity contribution in [2.75, 3.05) is 0 Å². The fourth-order valence-electron chi connectivity index (χ4n) is 12.0. The van der Waals surface area contributed by atoms with Crippen molar-refractivity contribution in [3.8, 4) is 68.0 Å². The number of hydrogen-bond acceptors (Lipinski definition) is 4. The number of hydrogen-bond donors (Lipinski definition) is 0. The molecule has 0 bridgehead atoms. The third kappa shape index (κ3) is 9.60. The van der Waals surface area contributed by atoms with Crippen LogP contribution in [-0.2, 0) is 0 Å². The Kier molecular flexibility index (Phi) is 5.85. The predicted molar refractivity (Wildman–Crippen MR) is 425 cm³/mol. The summed E-state index contributed by atoms with van der Waals surface area (Å²) in [5.41, 5.74) is -13.9. The first kappa shape index (κ1) is 25.3. The zero-order valence-electron chi connectivity index (χ0n) is 108. The standard InChI is InChI=1S/C49H32N4.C45H30N4/c1-31-20-21-34-27-36(23-22-33(34)26-31)48-40-25-24-35(32-12-4-2-5-13-32)28-43(40)50-49(51-48)53-45-19-11-9-17-39(45)42-29-46-41(30-47(42)53)38-16-8-10-18-44(38)52(46)37-14-6-3-7-15-37;1-29-19-21-30(22-20-29)44-36-15-5-8-16-39(36)46-45(47-44)31-23-25-33(26-24-31)49-41-18-10-7-14-35(41)38-27-42-37(28-43(38)49)34-13-6-9-17-40(34)48(42)32-11-3-2-4-12-32/h2-30H,1H3;2-28H,1H3/i2D,3D,4D,5D,6D,7D,8D,9D,10D,11D,12D,13D,14D,15D,16D,17D,18D,19D,20D,21D,22D,23D,24D,25D,26D,27D,28D,29D,30D;2D,3D,4D,5D,6D,7D,8D,9D,10D,11D,12D,13D,14D,15D,16D,17D,18D,19D,20D,21D,22D,23D,24D,25D,26D,27D,28D. The van der Waals surface area contributed by atoms with E-state index in [1.807, 2.05) is 0 Å².